The van der Waals surface area contributed by atoms with Gasteiger partial charge in [-0.2, -0.15) is 0 Å². The van der Waals surface area contributed by atoms with Gasteiger partial charge in [0.05, 0.1) is 19.6 Å². The van der Waals surface area contributed by atoms with Crippen LogP contribution < -0.4 is 9.84 Å². The van der Waals surface area contributed by atoms with Crippen LogP contribution in [0.3, 0.4) is 0 Å². The molecule has 0 aliphatic heterocycles. The molecule has 4 heteroatoms. The number of carbonyl (C=O) groups excluding carboxylic acids is 1. The lowest BCUT2D eigenvalue weighted by atomic mass is 9.84. The van der Waals surface area contributed by atoms with Gasteiger partial charge in [0.1, 0.15) is 5.75 Å². The van der Waals surface area contributed by atoms with E-state index in [4.69, 9.17) is 9.47 Å². The van der Waals surface area contributed by atoms with Crippen molar-refractivity contribution in [3.63, 3.8) is 0 Å². The van der Waals surface area contributed by atoms with Gasteiger partial charge in [-0.25, -0.2) is 0 Å². The molecule has 0 aromatic heterocycles. The van der Waals surface area contributed by atoms with Crippen molar-refractivity contribution in [2.24, 2.45) is 5.92 Å². The van der Waals surface area contributed by atoms with Crippen LogP contribution in [0, 0.1) is 5.92 Å². The van der Waals surface area contributed by atoms with Crippen LogP contribution in [0.1, 0.15) is 36.5 Å². The molecule has 2 unspecified atom stereocenters. The Hall–Kier alpha value is -2.75. The van der Waals surface area contributed by atoms with Crippen LogP contribution in [-0.4, -0.2) is 19.7 Å². The van der Waals surface area contributed by atoms with Crippen molar-refractivity contribution >= 4 is 11.5 Å². The zero-order chi connectivity index (χ0) is 18.0. The number of rotatable bonds is 4. The molecule has 0 bridgehead atoms. The fraction of sp³-hybridized carbons (Fsp3) is 0.286. The summed E-state index contributed by atoms with van der Waals surface area (Å²) in [6.45, 7) is 3.55. The summed E-state index contributed by atoms with van der Waals surface area (Å²) in [6, 6.07) is 15.4. The Morgan fingerprint density at radius 3 is 2.48 bits per heavy atom. The highest BCUT2D eigenvalue weighted by molar-refractivity contribution is 5.95. The summed E-state index contributed by atoms with van der Waals surface area (Å²) in [5, 5.41) is 12.4. The number of benzene rings is 2. The zero-order valence-corrected chi connectivity index (χ0v) is 14.6. The third kappa shape index (κ3) is 3.00. The molecule has 0 saturated heterocycles. The summed E-state index contributed by atoms with van der Waals surface area (Å²) < 4.78 is 10.6. The smallest absolute Gasteiger partial charge is 0.314 e. The van der Waals surface area contributed by atoms with Gasteiger partial charge < -0.3 is 14.6 Å². The molecule has 0 heterocycles. The first-order valence-electron chi connectivity index (χ1n) is 8.36. The van der Waals surface area contributed by atoms with Crippen LogP contribution >= 0.6 is 0 Å². The Bertz CT molecular complexity index is 804. The van der Waals surface area contributed by atoms with Gasteiger partial charge >= 0.3 is 5.97 Å². The number of esters is 1. The average molecular weight is 337 g/mol. The number of allylic oxidation sites excluding steroid dienone is 1. The van der Waals surface area contributed by atoms with E-state index in [1.54, 1.807) is 14.0 Å². The number of hydrogen-bond donors (Lipinski definition) is 0. The number of hydrogen-bond acceptors (Lipinski definition) is 4. The molecule has 2 atom stereocenters. The first kappa shape index (κ1) is 17.1. The molecule has 1 aliphatic rings. The standard InChI is InChI=1S/C21H22O4/c1-4-25-21(23)20-18(13(2)22)17-12-15(24-3)10-11-16(17)19(20)14-8-6-5-7-9-14/h5-12,19-20,22H,4H2,1-3H3/p-1/b18-13+. The molecule has 2 aromatic carbocycles. The summed E-state index contributed by atoms with van der Waals surface area (Å²) in [4.78, 5) is 12.7. The molecular formula is C21H21O4-. The first-order valence-corrected chi connectivity index (χ1v) is 8.36. The highest BCUT2D eigenvalue weighted by Crippen LogP contribution is 2.51. The van der Waals surface area contributed by atoms with E-state index in [0.717, 1.165) is 16.7 Å². The highest BCUT2D eigenvalue weighted by atomic mass is 16.5. The van der Waals surface area contributed by atoms with E-state index in [0.29, 0.717) is 11.3 Å². The van der Waals surface area contributed by atoms with Crippen molar-refractivity contribution < 1.29 is 19.4 Å². The van der Waals surface area contributed by atoms with Crippen LogP contribution in [0.25, 0.3) is 5.57 Å². The third-order valence-electron chi connectivity index (χ3n) is 4.61. The van der Waals surface area contributed by atoms with Gasteiger partial charge in [0.15, 0.2) is 0 Å². The van der Waals surface area contributed by atoms with E-state index in [-0.39, 0.29) is 24.3 Å². The second kappa shape index (κ2) is 7.01. The van der Waals surface area contributed by atoms with Gasteiger partial charge in [-0.1, -0.05) is 43.3 Å². The monoisotopic (exact) mass is 337 g/mol. The van der Waals surface area contributed by atoms with Crippen LogP contribution in [-0.2, 0) is 9.53 Å². The lowest BCUT2D eigenvalue weighted by Crippen LogP contribution is -2.24. The molecule has 0 spiro atoms. The Kier molecular flexibility index (Phi) is 4.79. The van der Waals surface area contributed by atoms with Crippen molar-refractivity contribution in [2.75, 3.05) is 13.7 Å². The van der Waals surface area contributed by atoms with Gasteiger partial charge in [-0.05, 0) is 41.3 Å². The maximum Gasteiger partial charge on any atom is 0.314 e. The predicted octanol–water partition coefficient (Wildman–Crippen LogP) is 3.11. The SMILES string of the molecule is CCOC(=O)C1/C(=C(\C)[O-])c2cc(OC)ccc2C1c1ccccc1. The van der Waals surface area contributed by atoms with Crippen LogP contribution in [0.15, 0.2) is 54.3 Å². The molecule has 130 valence electrons. The fourth-order valence-electron chi connectivity index (χ4n) is 3.61. The van der Waals surface area contributed by atoms with Crippen molar-refractivity contribution in [1.29, 1.82) is 0 Å². The number of ether oxygens (including phenoxy) is 2. The average Bonchev–Trinajstić information content (AvgIpc) is 2.97. The Morgan fingerprint density at radius 1 is 1.16 bits per heavy atom. The molecule has 2 aromatic rings. The predicted molar refractivity (Wildman–Crippen MR) is 94.0 cm³/mol. The van der Waals surface area contributed by atoms with Crippen molar-refractivity contribution in [2.45, 2.75) is 19.8 Å². The topological polar surface area (TPSA) is 58.6 Å². The summed E-state index contributed by atoms with van der Waals surface area (Å²) in [7, 11) is 1.58. The van der Waals surface area contributed by atoms with Crippen LogP contribution in [0.4, 0.5) is 0 Å². The van der Waals surface area contributed by atoms with Gasteiger partial charge in [0.2, 0.25) is 0 Å². The number of fused-ring (bicyclic) bond motifs is 1. The molecule has 0 radical (unpaired) electrons. The molecule has 4 nitrogen and oxygen atoms in total. The molecule has 0 amide bonds. The van der Waals surface area contributed by atoms with E-state index in [1.807, 2.05) is 48.5 Å². The molecule has 25 heavy (non-hydrogen) atoms. The Labute approximate surface area is 147 Å². The fourth-order valence-corrected chi connectivity index (χ4v) is 3.61. The molecule has 0 fully saturated rings. The van der Waals surface area contributed by atoms with Crippen molar-refractivity contribution in [3.05, 3.63) is 71.0 Å². The molecule has 0 saturated carbocycles. The molecule has 0 N–H and O–H groups in total. The van der Waals surface area contributed by atoms with E-state index in [9.17, 15) is 9.90 Å². The summed E-state index contributed by atoms with van der Waals surface area (Å²) in [5.74, 6) is -0.696. The van der Waals surface area contributed by atoms with Gasteiger partial charge in [-0.15, -0.1) is 5.76 Å². The summed E-state index contributed by atoms with van der Waals surface area (Å²) in [6.07, 6.45) is 0. The molecule has 1 aliphatic carbocycles. The summed E-state index contributed by atoms with van der Waals surface area (Å²) in [5.41, 5.74) is 3.22. The maximum absolute atomic E-state index is 12.7. The van der Waals surface area contributed by atoms with Crippen LogP contribution in [0.2, 0.25) is 0 Å². The van der Waals surface area contributed by atoms with Gasteiger partial charge in [0, 0.05) is 5.92 Å². The minimum absolute atomic E-state index is 0.119. The second-order valence-electron chi connectivity index (χ2n) is 6.04. The zero-order valence-electron chi connectivity index (χ0n) is 14.6. The lowest BCUT2D eigenvalue weighted by molar-refractivity contribution is -0.300. The normalized spacial score (nSPS) is 20.8. The maximum atomic E-state index is 12.7. The molecule has 3 rings (SSSR count). The Balaban J connectivity index is 2.24. The van der Waals surface area contributed by atoms with Crippen molar-refractivity contribution in [1.82, 2.24) is 0 Å². The largest absolute Gasteiger partial charge is 0.875 e. The minimum Gasteiger partial charge on any atom is -0.875 e. The first-order chi connectivity index (χ1) is 12.1. The quantitative estimate of drug-likeness (QED) is 0.635. The number of carbonyl (C=O) groups is 1. The van der Waals surface area contributed by atoms with Gasteiger partial charge in [-0.3, -0.25) is 4.79 Å². The van der Waals surface area contributed by atoms with E-state index >= 15 is 0 Å². The third-order valence-corrected chi connectivity index (χ3v) is 4.61. The lowest BCUT2D eigenvalue weighted by Gasteiger charge is -2.23. The Morgan fingerprint density at radius 2 is 1.88 bits per heavy atom. The van der Waals surface area contributed by atoms with Crippen LogP contribution in [0.5, 0.6) is 5.75 Å². The van der Waals surface area contributed by atoms with E-state index < -0.39 is 5.92 Å². The second-order valence-corrected chi connectivity index (χ2v) is 6.04. The van der Waals surface area contributed by atoms with E-state index in [2.05, 4.69) is 0 Å². The highest BCUT2D eigenvalue weighted by Gasteiger charge is 2.43. The minimum atomic E-state index is -0.637. The van der Waals surface area contributed by atoms with Gasteiger partial charge in [0.25, 0.3) is 0 Å². The molecular weight excluding hydrogens is 316 g/mol. The van der Waals surface area contributed by atoms with Crippen molar-refractivity contribution in [3.8, 4) is 5.75 Å². The van der Waals surface area contributed by atoms with E-state index in [1.165, 1.54) is 6.92 Å². The number of methoxy groups -OCH3 is 1. The summed E-state index contributed by atoms with van der Waals surface area (Å²) >= 11 is 0.